The summed E-state index contributed by atoms with van der Waals surface area (Å²) in [6.07, 6.45) is 4.29. The Bertz CT molecular complexity index is 766. The Labute approximate surface area is 107 Å². The van der Waals surface area contributed by atoms with Gasteiger partial charge in [-0.05, 0) is 19.1 Å². The molecule has 19 heavy (non-hydrogen) atoms. The quantitative estimate of drug-likeness (QED) is 0.661. The number of ketones is 1. The molecule has 2 heterocycles. The number of fused-ring (bicyclic) bond motifs is 1. The Balaban J connectivity index is 2.16. The fraction of sp³-hybridized carbons (Fsp3) is 0.0714. The second-order valence-electron chi connectivity index (χ2n) is 4.12. The average Bonchev–Trinajstić information content (AvgIpc) is 2.75. The Hall–Kier alpha value is -2.56. The molecule has 0 aliphatic rings. The molecule has 2 aromatic heterocycles. The molecule has 0 atom stereocenters. The van der Waals surface area contributed by atoms with E-state index in [0.29, 0.717) is 16.5 Å². The van der Waals surface area contributed by atoms with E-state index in [2.05, 4.69) is 9.97 Å². The maximum absolute atomic E-state index is 13.1. The zero-order valence-corrected chi connectivity index (χ0v) is 10.1. The average molecular weight is 256 g/mol. The van der Waals surface area contributed by atoms with Crippen LogP contribution in [-0.4, -0.2) is 15.8 Å². The molecule has 0 spiro atoms. The lowest BCUT2D eigenvalue weighted by Crippen LogP contribution is -2.04. The number of aryl methyl sites for hydroxylation is 1. The topological polar surface area (TPSA) is 56.0 Å². The third-order valence-electron chi connectivity index (χ3n) is 2.90. The van der Waals surface area contributed by atoms with E-state index in [4.69, 9.17) is 4.42 Å². The summed E-state index contributed by atoms with van der Waals surface area (Å²) >= 11 is 0. The summed E-state index contributed by atoms with van der Waals surface area (Å²) < 4.78 is 18.6. The molecule has 94 valence electrons. The molecule has 0 radical (unpaired) electrons. The molecule has 0 saturated heterocycles. The van der Waals surface area contributed by atoms with Crippen LogP contribution in [-0.2, 0) is 0 Å². The van der Waals surface area contributed by atoms with Gasteiger partial charge in [0.1, 0.15) is 17.1 Å². The second kappa shape index (κ2) is 4.28. The Morgan fingerprint density at radius 2 is 2.16 bits per heavy atom. The molecule has 0 saturated carbocycles. The highest BCUT2D eigenvalue weighted by atomic mass is 19.1. The van der Waals surface area contributed by atoms with Crippen molar-refractivity contribution in [3.8, 4) is 0 Å². The van der Waals surface area contributed by atoms with Gasteiger partial charge in [0, 0.05) is 29.4 Å². The van der Waals surface area contributed by atoms with E-state index < -0.39 is 5.82 Å². The van der Waals surface area contributed by atoms with E-state index in [0.717, 1.165) is 0 Å². The zero-order chi connectivity index (χ0) is 13.4. The number of benzene rings is 1. The van der Waals surface area contributed by atoms with Gasteiger partial charge in [-0.15, -0.1) is 0 Å². The van der Waals surface area contributed by atoms with Crippen molar-refractivity contribution in [2.75, 3.05) is 0 Å². The van der Waals surface area contributed by atoms with Crippen LogP contribution in [0.2, 0.25) is 0 Å². The SMILES string of the molecule is Cc1c(C(=O)c2cnccn2)oc2cc(F)ccc12. The molecule has 3 rings (SSSR count). The van der Waals surface area contributed by atoms with E-state index in [-0.39, 0.29) is 17.2 Å². The van der Waals surface area contributed by atoms with Gasteiger partial charge in [0.15, 0.2) is 5.76 Å². The first-order chi connectivity index (χ1) is 9.16. The van der Waals surface area contributed by atoms with Crippen LogP contribution >= 0.6 is 0 Å². The molecular formula is C14H9FN2O2. The van der Waals surface area contributed by atoms with Crippen molar-refractivity contribution in [3.05, 3.63) is 59.6 Å². The Morgan fingerprint density at radius 3 is 2.89 bits per heavy atom. The maximum atomic E-state index is 13.1. The molecule has 0 bridgehead atoms. The Kier molecular flexibility index (Phi) is 2.59. The van der Waals surface area contributed by atoms with E-state index in [9.17, 15) is 9.18 Å². The summed E-state index contributed by atoms with van der Waals surface area (Å²) in [5, 5.41) is 0.716. The van der Waals surface area contributed by atoms with Gasteiger partial charge in [0.25, 0.3) is 0 Å². The van der Waals surface area contributed by atoms with Gasteiger partial charge in [-0.3, -0.25) is 9.78 Å². The molecule has 0 aliphatic carbocycles. The van der Waals surface area contributed by atoms with Crippen molar-refractivity contribution >= 4 is 16.8 Å². The lowest BCUT2D eigenvalue weighted by atomic mass is 10.1. The van der Waals surface area contributed by atoms with Gasteiger partial charge in [0.2, 0.25) is 5.78 Å². The predicted octanol–water partition coefficient (Wildman–Crippen LogP) is 2.90. The molecule has 3 aromatic rings. The van der Waals surface area contributed by atoms with Crippen molar-refractivity contribution < 1.29 is 13.6 Å². The number of aromatic nitrogens is 2. The summed E-state index contributed by atoms with van der Waals surface area (Å²) in [5.74, 6) is -0.594. The molecule has 0 aliphatic heterocycles. The number of carbonyl (C=O) groups is 1. The Morgan fingerprint density at radius 1 is 1.32 bits per heavy atom. The first-order valence-corrected chi connectivity index (χ1v) is 5.66. The van der Waals surface area contributed by atoms with Crippen molar-refractivity contribution in [1.82, 2.24) is 9.97 Å². The molecule has 0 N–H and O–H groups in total. The van der Waals surface area contributed by atoms with Crippen molar-refractivity contribution in [2.24, 2.45) is 0 Å². The van der Waals surface area contributed by atoms with Crippen molar-refractivity contribution in [2.45, 2.75) is 6.92 Å². The second-order valence-corrected chi connectivity index (χ2v) is 4.12. The van der Waals surface area contributed by atoms with Gasteiger partial charge < -0.3 is 4.42 Å². The van der Waals surface area contributed by atoms with Crippen LogP contribution in [0, 0.1) is 12.7 Å². The van der Waals surface area contributed by atoms with Crippen LogP contribution in [0.1, 0.15) is 21.8 Å². The van der Waals surface area contributed by atoms with Crippen LogP contribution in [0.5, 0.6) is 0 Å². The van der Waals surface area contributed by atoms with E-state index in [1.807, 2.05) is 0 Å². The summed E-state index contributed by atoms with van der Waals surface area (Å²) in [6.45, 7) is 1.76. The van der Waals surface area contributed by atoms with Gasteiger partial charge >= 0.3 is 0 Å². The number of nitrogens with zero attached hydrogens (tertiary/aromatic N) is 2. The van der Waals surface area contributed by atoms with E-state index >= 15 is 0 Å². The van der Waals surface area contributed by atoms with Gasteiger partial charge in [0.05, 0.1) is 6.20 Å². The summed E-state index contributed by atoms with van der Waals surface area (Å²) in [4.78, 5) is 20.0. The third kappa shape index (κ3) is 1.89. The monoisotopic (exact) mass is 256 g/mol. The van der Waals surface area contributed by atoms with Gasteiger partial charge in [-0.2, -0.15) is 0 Å². The van der Waals surface area contributed by atoms with Crippen LogP contribution in [0.3, 0.4) is 0 Å². The molecule has 1 aromatic carbocycles. The molecule has 0 unspecified atom stereocenters. The van der Waals surface area contributed by atoms with Crippen molar-refractivity contribution in [1.29, 1.82) is 0 Å². The number of hydrogen-bond acceptors (Lipinski definition) is 4. The van der Waals surface area contributed by atoms with Crippen molar-refractivity contribution in [3.63, 3.8) is 0 Å². The number of hydrogen-bond donors (Lipinski definition) is 0. The first-order valence-electron chi connectivity index (χ1n) is 5.66. The molecule has 5 heteroatoms. The number of furan rings is 1. The highest BCUT2D eigenvalue weighted by Gasteiger charge is 2.20. The molecule has 0 amide bonds. The predicted molar refractivity (Wildman–Crippen MR) is 66.4 cm³/mol. The van der Waals surface area contributed by atoms with E-state index in [1.54, 1.807) is 13.0 Å². The third-order valence-corrected chi connectivity index (χ3v) is 2.90. The maximum Gasteiger partial charge on any atom is 0.248 e. The largest absolute Gasteiger partial charge is 0.452 e. The zero-order valence-electron chi connectivity index (χ0n) is 10.1. The molecule has 0 fully saturated rings. The standard InChI is InChI=1S/C14H9FN2O2/c1-8-10-3-2-9(15)6-12(10)19-14(8)13(18)11-7-16-4-5-17-11/h2-7H,1H3. The molecular weight excluding hydrogens is 247 g/mol. The normalized spacial score (nSPS) is 10.8. The minimum atomic E-state index is -0.403. The van der Waals surface area contributed by atoms with Crippen LogP contribution < -0.4 is 0 Å². The van der Waals surface area contributed by atoms with E-state index in [1.165, 1.54) is 30.7 Å². The minimum Gasteiger partial charge on any atom is -0.452 e. The molecule has 4 nitrogen and oxygen atoms in total. The van der Waals surface area contributed by atoms with Crippen LogP contribution in [0.25, 0.3) is 11.0 Å². The number of halogens is 1. The number of rotatable bonds is 2. The fourth-order valence-electron chi connectivity index (χ4n) is 1.95. The minimum absolute atomic E-state index is 0.168. The fourth-order valence-corrected chi connectivity index (χ4v) is 1.95. The highest BCUT2D eigenvalue weighted by molar-refractivity contribution is 6.09. The summed E-state index contributed by atoms with van der Waals surface area (Å²) in [7, 11) is 0. The van der Waals surface area contributed by atoms with Crippen LogP contribution in [0.15, 0.2) is 41.2 Å². The van der Waals surface area contributed by atoms with Crippen LogP contribution in [0.4, 0.5) is 4.39 Å². The lowest BCUT2D eigenvalue weighted by Gasteiger charge is -1.96. The van der Waals surface area contributed by atoms with Gasteiger partial charge in [-0.25, -0.2) is 9.37 Å². The number of carbonyl (C=O) groups excluding carboxylic acids is 1. The first kappa shape index (κ1) is 11.5. The smallest absolute Gasteiger partial charge is 0.248 e. The van der Waals surface area contributed by atoms with Gasteiger partial charge in [-0.1, -0.05) is 0 Å². The summed E-state index contributed by atoms with van der Waals surface area (Å²) in [6, 6.07) is 4.19. The summed E-state index contributed by atoms with van der Waals surface area (Å²) in [5.41, 5.74) is 1.22. The lowest BCUT2D eigenvalue weighted by molar-refractivity contribution is 0.100. The highest BCUT2D eigenvalue weighted by Crippen LogP contribution is 2.27.